The van der Waals surface area contributed by atoms with Gasteiger partial charge in [0, 0.05) is 23.6 Å². The number of anilines is 1. The molecule has 138 valence electrons. The van der Waals surface area contributed by atoms with Crippen LogP contribution in [0.3, 0.4) is 0 Å². The molecule has 0 aliphatic rings. The zero-order chi connectivity index (χ0) is 19.4. The van der Waals surface area contributed by atoms with Gasteiger partial charge in [0.1, 0.15) is 0 Å². The Labute approximate surface area is 180 Å². The Kier molecular flexibility index (Phi) is 6.79. The van der Waals surface area contributed by atoms with E-state index in [0.717, 1.165) is 16.0 Å². The fourth-order valence-electron chi connectivity index (χ4n) is 2.25. The van der Waals surface area contributed by atoms with Crippen LogP contribution >= 0.6 is 57.7 Å². The lowest BCUT2D eigenvalue weighted by atomic mass is 10.1. The molecule has 1 aromatic heterocycles. The second-order valence-electron chi connectivity index (χ2n) is 5.52. The van der Waals surface area contributed by atoms with Gasteiger partial charge in [0.25, 0.3) is 0 Å². The number of aromatic nitrogens is 1. The molecule has 0 fully saturated rings. The Morgan fingerprint density at radius 3 is 2.67 bits per heavy atom. The molecule has 1 N–H and O–H groups in total. The summed E-state index contributed by atoms with van der Waals surface area (Å²) in [5.74, 6) is -0.289. The van der Waals surface area contributed by atoms with Crippen molar-refractivity contribution in [2.75, 3.05) is 5.32 Å². The van der Waals surface area contributed by atoms with Crippen LogP contribution in [-0.2, 0) is 11.2 Å². The van der Waals surface area contributed by atoms with Gasteiger partial charge >= 0.3 is 0 Å². The van der Waals surface area contributed by atoms with E-state index in [0.29, 0.717) is 31.6 Å². The van der Waals surface area contributed by atoms with Crippen LogP contribution in [0, 0.1) is 0 Å². The summed E-state index contributed by atoms with van der Waals surface area (Å²) in [6.07, 6.45) is 5.36. The van der Waals surface area contributed by atoms with Gasteiger partial charge in [-0.15, -0.1) is 11.3 Å². The Bertz CT molecular complexity index is 1020. The molecule has 0 saturated carbocycles. The standard InChI is InChI=1S/C19H12Cl4N2OS/c20-14-6-4-11(8-16(14)22)5-7-17(26)25-19-24-10-13(27-19)9-12-2-1-3-15(21)18(12)23/h1-8,10H,9H2,(H,24,25,26)/b7-5+. The zero-order valence-electron chi connectivity index (χ0n) is 13.7. The summed E-state index contributed by atoms with van der Waals surface area (Å²) in [7, 11) is 0. The molecule has 0 bridgehead atoms. The number of hydrogen-bond donors (Lipinski definition) is 1. The quantitative estimate of drug-likeness (QED) is 0.419. The van der Waals surface area contributed by atoms with E-state index >= 15 is 0 Å². The maximum atomic E-state index is 12.1. The van der Waals surface area contributed by atoms with E-state index in [1.54, 1.807) is 36.5 Å². The fraction of sp³-hybridized carbons (Fsp3) is 0.0526. The predicted molar refractivity (Wildman–Crippen MR) is 116 cm³/mol. The first-order valence-corrected chi connectivity index (χ1v) is 10.1. The topological polar surface area (TPSA) is 42.0 Å². The van der Waals surface area contributed by atoms with Gasteiger partial charge in [-0.25, -0.2) is 4.98 Å². The number of hydrogen-bond acceptors (Lipinski definition) is 3. The van der Waals surface area contributed by atoms with E-state index in [9.17, 15) is 4.79 Å². The Morgan fingerprint density at radius 1 is 1.07 bits per heavy atom. The summed E-state index contributed by atoms with van der Waals surface area (Å²) in [6, 6.07) is 10.6. The molecule has 3 nitrogen and oxygen atoms in total. The second kappa shape index (κ2) is 9.09. The lowest BCUT2D eigenvalue weighted by molar-refractivity contribution is -0.111. The zero-order valence-corrected chi connectivity index (χ0v) is 17.5. The van der Waals surface area contributed by atoms with Gasteiger partial charge in [0.2, 0.25) is 5.91 Å². The average Bonchev–Trinajstić information content (AvgIpc) is 3.07. The number of nitrogens with one attached hydrogen (secondary N) is 1. The van der Waals surface area contributed by atoms with Crippen LogP contribution in [0.1, 0.15) is 16.0 Å². The molecule has 3 aromatic rings. The number of nitrogens with zero attached hydrogens (tertiary/aromatic N) is 1. The summed E-state index contributed by atoms with van der Waals surface area (Å²) < 4.78 is 0. The number of carbonyl (C=O) groups is 1. The maximum Gasteiger partial charge on any atom is 0.250 e. The maximum absolute atomic E-state index is 12.1. The molecule has 2 aromatic carbocycles. The third kappa shape index (κ3) is 5.47. The van der Waals surface area contributed by atoms with E-state index in [-0.39, 0.29) is 5.91 Å². The normalized spacial score (nSPS) is 11.1. The van der Waals surface area contributed by atoms with Gasteiger partial charge in [-0.2, -0.15) is 0 Å². The van der Waals surface area contributed by atoms with Crippen LogP contribution in [0.4, 0.5) is 5.13 Å². The number of rotatable bonds is 5. The molecule has 0 unspecified atom stereocenters. The van der Waals surface area contributed by atoms with E-state index in [1.807, 2.05) is 12.1 Å². The molecule has 8 heteroatoms. The highest BCUT2D eigenvalue weighted by molar-refractivity contribution is 7.15. The first kappa shape index (κ1) is 20.2. The van der Waals surface area contributed by atoms with Crippen LogP contribution in [-0.4, -0.2) is 10.9 Å². The largest absolute Gasteiger partial charge is 0.298 e. The van der Waals surface area contributed by atoms with Gasteiger partial charge in [0.15, 0.2) is 5.13 Å². The van der Waals surface area contributed by atoms with Gasteiger partial charge in [-0.05, 0) is 35.4 Å². The average molecular weight is 458 g/mol. The minimum absolute atomic E-state index is 0.289. The summed E-state index contributed by atoms with van der Waals surface area (Å²) >= 11 is 25.5. The van der Waals surface area contributed by atoms with Crippen LogP contribution < -0.4 is 5.32 Å². The van der Waals surface area contributed by atoms with Crippen molar-refractivity contribution in [1.82, 2.24) is 4.98 Å². The van der Waals surface area contributed by atoms with E-state index < -0.39 is 0 Å². The molecule has 0 atom stereocenters. The van der Waals surface area contributed by atoms with E-state index in [1.165, 1.54) is 17.4 Å². The van der Waals surface area contributed by atoms with Gasteiger partial charge in [-0.3, -0.25) is 10.1 Å². The number of benzene rings is 2. The number of halogens is 4. The monoisotopic (exact) mass is 456 g/mol. The first-order chi connectivity index (χ1) is 12.9. The summed E-state index contributed by atoms with van der Waals surface area (Å²) in [5.41, 5.74) is 1.68. The minimum atomic E-state index is -0.289. The molecule has 3 rings (SSSR count). The second-order valence-corrected chi connectivity index (χ2v) is 8.23. The Balaban J connectivity index is 1.63. The van der Waals surface area contributed by atoms with Crippen LogP contribution in [0.25, 0.3) is 6.08 Å². The predicted octanol–water partition coefficient (Wildman–Crippen LogP) is 7.00. The highest BCUT2D eigenvalue weighted by Crippen LogP contribution is 2.29. The highest BCUT2D eigenvalue weighted by Gasteiger charge is 2.09. The van der Waals surface area contributed by atoms with Crippen molar-refractivity contribution < 1.29 is 4.79 Å². The molecule has 0 spiro atoms. The van der Waals surface area contributed by atoms with Crippen molar-refractivity contribution in [2.45, 2.75) is 6.42 Å². The molecular weight excluding hydrogens is 446 g/mol. The third-order valence-corrected chi connectivity index (χ3v) is 6.06. The first-order valence-electron chi connectivity index (χ1n) is 7.74. The number of amides is 1. The van der Waals surface area contributed by atoms with Crippen LogP contribution in [0.2, 0.25) is 20.1 Å². The Hall–Kier alpha value is -1.56. The number of thiazole rings is 1. The minimum Gasteiger partial charge on any atom is -0.298 e. The van der Waals surface area contributed by atoms with Crippen molar-refractivity contribution in [1.29, 1.82) is 0 Å². The summed E-state index contributed by atoms with van der Waals surface area (Å²) in [6.45, 7) is 0. The molecule has 0 saturated heterocycles. The van der Waals surface area contributed by atoms with E-state index in [4.69, 9.17) is 46.4 Å². The Morgan fingerprint density at radius 2 is 1.89 bits per heavy atom. The lowest BCUT2D eigenvalue weighted by Gasteiger charge is -2.03. The fourth-order valence-corrected chi connectivity index (χ4v) is 3.79. The van der Waals surface area contributed by atoms with Crippen molar-refractivity contribution in [3.05, 3.63) is 84.8 Å². The molecule has 0 aliphatic carbocycles. The third-order valence-electron chi connectivity index (χ3n) is 3.55. The van der Waals surface area contributed by atoms with Crippen LogP contribution in [0.5, 0.6) is 0 Å². The molecule has 1 heterocycles. The van der Waals surface area contributed by atoms with Gasteiger partial charge in [0.05, 0.1) is 20.1 Å². The SMILES string of the molecule is O=C(/C=C/c1ccc(Cl)c(Cl)c1)Nc1ncc(Cc2cccc(Cl)c2Cl)s1. The highest BCUT2D eigenvalue weighted by atomic mass is 35.5. The van der Waals surface area contributed by atoms with Gasteiger partial charge < -0.3 is 0 Å². The number of carbonyl (C=O) groups excluding carboxylic acids is 1. The van der Waals surface area contributed by atoms with Crippen molar-refractivity contribution in [3.8, 4) is 0 Å². The van der Waals surface area contributed by atoms with Crippen molar-refractivity contribution in [2.24, 2.45) is 0 Å². The molecule has 1 amide bonds. The smallest absolute Gasteiger partial charge is 0.250 e. The molecule has 0 aliphatic heterocycles. The lowest BCUT2D eigenvalue weighted by Crippen LogP contribution is -2.07. The molecule has 27 heavy (non-hydrogen) atoms. The van der Waals surface area contributed by atoms with Crippen molar-refractivity contribution >= 4 is 74.9 Å². The van der Waals surface area contributed by atoms with Crippen molar-refractivity contribution in [3.63, 3.8) is 0 Å². The summed E-state index contributed by atoms with van der Waals surface area (Å²) in [5, 5.41) is 5.18. The summed E-state index contributed by atoms with van der Waals surface area (Å²) in [4.78, 5) is 17.3. The molecule has 0 radical (unpaired) electrons. The van der Waals surface area contributed by atoms with Gasteiger partial charge in [-0.1, -0.05) is 64.6 Å². The van der Waals surface area contributed by atoms with E-state index in [2.05, 4.69) is 10.3 Å². The molecular formula is C19H12Cl4N2OS. The van der Waals surface area contributed by atoms with Crippen LogP contribution in [0.15, 0.2) is 48.7 Å².